The topological polar surface area (TPSA) is 30.5 Å². The fourth-order valence-corrected chi connectivity index (χ4v) is 2.88. The van der Waals surface area contributed by atoms with Gasteiger partial charge in [-0.1, -0.05) is 20.3 Å². The summed E-state index contributed by atoms with van der Waals surface area (Å²) in [6, 6.07) is 0.445. The highest BCUT2D eigenvalue weighted by molar-refractivity contribution is 4.93. The highest BCUT2D eigenvalue weighted by Crippen LogP contribution is 2.37. The maximum Gasteiger partial charge on any atom is 0.0784 e. The third kappa shape index (κ3) is 3.44. The van der Waals surface area contributed by atoms with Crippen molar-refractivity contribution in [2.24, 2.45) is 5.41 Å². The third-order valence-electron chi connectivity index (χ3n) is 3.64. The Kier molecular flexibility index (Phi) is 5.22. The van der Waals surface area contributed by atoms with Crippen LogP contribution >= 0.6 is 0 Å². The first-order valence-electron chi connectivity index (χ1n) is 6.33. The molecule has 0 amide bonds. The molecule has 0 aromatic heterocycles. The summed E-state index contributed by atoms with van der Waals surface area (Å²) in [6.45, 7) is 7.40. The van der Waals surface area contributed by atoms with E-state index in [0.29, 0.717) is 24.2 Å². The van der Waals surface area contributed by atoms with E-state index in [1.165, 1.54) is 12.8 Å². The molecule has 1 N–H and O–H groups in total. The van der Waals surface area contributed by atoms with Gasteiger partial charge in [0.05, 0.1) is 18.8 Å². The van der Waals surface area contributed by atoms with Crippen molar-refractivity contribution in [1.29, 1.82) is 0 Å². The lowest BCUT2D eigenvalue weighted by atomic mass is 9.72. The molecule has 96 valence electrons. The Labute approximate surface area is 99.9 Å². The van der Waals surface area contributed by atoms with Gasteiger partial charge in [-0.3, -0.25) is 0 Å². The van der Waals surface area contributed by atoms with Gasteiger partial charge in [-0.25, -0.2) is 0 Å². The van der Waals surface area contributed by atoms with Crippen molar-refractivity contribution in [2.75, 3.05) is 20.8 Å². The summed E-state index contributed by atoms with van der Waals surface area (Å²) in [5.41, 5.74) is 0.324. The van der Waals surface area contributed by atoms with Crippen molar-refractivity contribution < 1.29 is 9.47 Å². The standard InChI is InChI=1S/C13H27NO2/c1-10(9-15-5)16-11-7-6-8-13(2,3)12(11)14-4/h10-12,14H,6-9H2,1-5H3. The highest BCUT2D eigenvalue weighted by Gasteiger charge is 2.39. The number of methoxy groups -OCH3 is 1. The minimum Gasteiger partial charge on any atom is -0.382 e. The van der Waals surface area contributed by atoms with E-state index in [9.17, 15) is 0 Å². The number of rotatable bonds is 5. The third-order valence-corrected chi connectivity index (χ3v) is 3.64. The second-order valence-electron chi connectivity index (χ2n) is 5.59. The molecular formula is C13H27NO2. The minimum absolute atomic E-state index is 0.180. The van der Waals surface area contributed by atoms with Gasteiger partial charge in [-0.15, -0.1) is 0 Å². The number of nitrogens with one attached hydrogen (secondary N) is 1. The van der Waals surface area contributed by atoms with Crippen molar-refractivity contribution in [3.05, 3.63) is 0 Å². The molecule has 3 atom stereocenters. The molecule has 0 spiro atoms. The Bertz CT molecular complexity index is 206. The van der Waals surface area contributed by atoms with E-state index in [4.69, 9.17) is 9.47 Å². The maximum atomic E-state index is 6.08. The van der Waals surface area contributed by atoms with E-state index in [1.807, 2.05) is 7.05 Å². The zero-order valence-electron chi connectivity index (χ0n) is 11.4. The van der Waals surface area contributed by atoms with E-state index in [-0.39, 0.29) is 6.10 Å². The van der Waals surface area contributed by atoms with Gasteiger partial charge in [0.15, 0.2) is 0 Å². The maximum absolute atomic E-state index is 6.08. The predicted octanol–water partition coefficient (Wildman–Crippen LogP) is 2.20. The molecule has 0 aliphatic heterocycles. The van der Waals surface area contributed by atoms with Gasteiger partial charge < -0.3 is 14.8 Å². The van der Waals surface area contributed by atoms with Crippen molar-refractivity contribution >= 4 is 0 Å². The van der Waals surface area contributed by atoms with E-state index in [2.05, 4.69) is 26.1 Å². The van der Waals surface area contributed by atoms with Crippen LogP contribution in [0.3, 0.4) is 0 Å². The summed E-state index contributed by atoms with van der Waals surface area (Å²) in [6.07, 6.45) is 4.19. The molecule has 0 radical (unpaired) electrons. The second-order valence-corrected chi connectivity index (χ2v) is 5.59. The van der Waals surface area contributed by atoms with Crippen LogP contribution in [0.2, 0.25) is 0 Å². The largest absolute Gasteiger partial charge is 0.382 e. The van der Waals surface area contributed by atoms with Crippen LogP contribution in [0, 0.1) is 5.41 Å². The normalized spacial score (nSPS) is 31.3. The Hall–Kier alpha value is -0.120. The van der Waals surface area contributed by atoms with Gasteiger partial charge in [-0.05, 0) is 32.2 Å². The number of hydrogen-bond acceptors (Lipinski definition) is 3. The van der Waals surface area contributed by atoms with Crippen molar-refractivity contribution in [3.8, 4) is 0 Å². The summed E-state index contributed by atoms with van der Waals surface area (Å²) >= 11 is 0. The van der Waals surface area contributed by atoms with Gasteiger partial charge in [0.25, 0.3) is 0 Å². The van der Waals surface area contributed by atoms with Crippen LogP contribution in [0.1, 0.15) is 40.0 Å². The molecule has 0 bridgehead atoms. The molecule has 1 aliphatic carbocycles. The lowest BCUT2D eigenvalue weighted by Gasteiger charge is -2.44. The Balaban J connectivity index is 2.56. The van der Waals surface area contributed by atoms with Crippen LogP contribution in [-0.4, -0.2) is 39.0 Å². The lowest BCUT2D eigenvalue weighted by molar-refractivity contribution is -0.0879. The molecule has 1 aliphatic rings. The van der Waals surface area contributed by atoms with Crippen LogP contribution in [0.15, 0.2) is 0 Å². The Morgan fingerprint density at radius 1 is 1.44 bits per heavy atom. The number of ether oxygens (including phenoxy) is 2. The molecule has 0 heterocycles. The zero-order chi connectivity index (χ0) is 12.2. The quantitative estimate of drug-likeness (QED) is 0.784. The molecule has 0 saturated heterocycles. The molecule has 0 aromatic carbocycles. The first-order valence-corrected chi connectivity index (χ1v) is 6.33. The fraction of sp³-hybridized carbons (Fsp3) is 1.00. The van der Waals surface area contributed by atoms with Crippen LogP contribution in [0.25, 0.3) is 0 Å². The van der Waals surface area contributed by atoms with E-state index in [0.717, 1.165) is 6.42 Å². The van der Waals surface area contributed by atoms with Gasteiger partial charge in [0.1, 0.15) is 0 Å². The highest BCUT2D eigenvalue weighted by atomic mass is 16.5. The van der Waals surface area contributed by atoms with Crippen LogP contribution in [0.5, 0.6) is 0 Å². The first kappa shape index (κ1) is 13.9. The summed E-state index contributed by atoms with van der Waals surface area (Å²) < 4.78 is 11.2. The summed E-state index contributed by atoms with van der Waals surface area (Å²) in [5, 5.41) is 3.43. The molecular weight excluding hydrogens is 202 g/mol. The van der Waals surface area contributed by atoms with Crippen molar-refractivity contribution in [2.45, 2.75) is 58.3 Å². The SMILES string of the molecule is CNC1C(OC(C)COC)CCCC1(C)C. The fourth-order valence-electron chi connectivity index (χ4n) is 2.88. The molecule has 1 fully saturated rings. The monoisotopic (exact) mass is 229 g/mol. The van der Waals surface area contributed by atoms with Gasteiger partial charge in [-0.2, -0.15) is 0 Å². The van der Waals surface area contributed by atoms with Crippen molar-refractivity contribution in [3.63, 3.8) is 0 Å². The zero-order valence-corrected chi connectivity index (χ0v) is 11.4. The van der Waals surface area contributed by atoms with Gasteiger partial charge in [0, 0.05) is 13.2 Å². The molecule has 16 heavy (non-hydrogen) atoms. The lowest BCUT2D eigenvalue weighted by Crippen LogP contribution is -2.53. The Morgan fingerprint density at radius 2 is 2.12 bits per heavy atom. The van der Waals surface area contributed by atoms with E-state index in [1.54, 1.807) is 7.11 Å². The molecule has 0 aromatic rings. The molecule has 3 unspecified atom stereocenters. The summed E-state index contributed by atoms with van der Waals surface area (Å²) in [7, 11) is 3.76. The average molecular weight is 229 g/mol. The smallest absolute Gasteiger partial charge is 0.0784 e. The average Bonchev–Trinajstić information content (AvgIpc) is 2.17. The molecule has 3 nitrogen and oxygen atoms in total. The van der Waals surface area contributed by atoms with Crippen LogP contribution in [0.4, 0.5) is 0 Å². The van der Waals surface area contributed by atoms with E-state index >= 15 is 0 Å². The first-order chi connectivity index (χ1) is 7.51. The predicted molar refractivity (Wildman–Crippen MR) is 66.7 cm³/mol. The van der Waals surface area contributed by atoms with Gasteiger partial charge in [0.2, 0.25) is 0 Å². The molecule has 3 heteroatoms. The molecule has 1 saturated carbocycles. The van der Waals surface area contributed by atoms with Crippen LogP contribution in [-0.2, 0) is 9.47 Å². The van der Waals surface area contributed by atoms with Gasteiger partial charge >= 0.3 is 0 Å². The summed E-state index contributed by atoms with van der Waals surface area (Å²) in [4.78, 5) is 0. The number of likely N-dealkylation sites (N-methyl/N-ethyl adjacent to an activating group) is 1. The Morgan fingerprint density at radius 3 is 2.69 bits per heavy atom. The molecule has 1 rings (SSSR count). The van der Waals surface area contributed by atoms with E-state index < -0.39 is 0 Å². The summed E-state index contributed by atoms with van der Waals surface area (Å²) in [5.74, 6) is 0. The van der Waals surface area contributed by atoms with Crippen molar-refractivity contribution in [1.82, 2.24) is 5.32 Å². The minimum atomic E-state index is 0.180. The number of hydrogen-bond donors (Lipinski definition) is 1. The van der Waals surface area contributed by atoms with Crippen LogP contribution < -0.4 is 5.32 Å². The second kappa shape index (κ2) is 5.99.